The summed E-state index contributed by atoms with van der Waals surface area (Å²) >= 11 is 0. The Kier molecular flexibility index (Phi) is 5.25. The fourth-order valence-electron chi connectivity index (χ4n) is 2.63. The van der Waals surface area contributed by atoms with Crippen molar-refractivity contribution in [3.8, 4) is 0 Å². The molecule has 1 amide bonds. The van der Waals surface area contributed by atoms with E-state index in [1.807, 2.05) is 0 Å². The molecule has 0 radical (unpaired) electrons. The van der Waals surface area contributed by atoms with Crippen molar-refractivity contribution in [1.29, 1.82) is 0 Å². The molecule has 0 saturated heterocycles. The molecule has 1 saturated carbocycles. The van der Waals surface area contributed by atoms with Gasteiger partial charge in [0, 0.05) is 23.4 Å². The number of anilines is 1. The summed E-state index contributed by atoms with van der Waals surface area (Å²) in [6, 6.07) is 5.32. The van der Waals surface area contributed by atoms with Crippen LogP contribution in [0.4, 0.5) is 18.9 Å². The average Bonchev–Trinajstić information content (AvgIpc) is 3.43. The second-order valence-corrected chi connectivity index (χ2v) is 8.16. The Labute approximate surface area is 154 Å². The van der Waals surface area contributed by atoms with Gasteiger partial charge in [-0.25, -0.2) is 26.3 Å². The zero-order chi connectivity index (χ0) is 19.8. The Bertz CT molecular complexity index is 991. The number of amides is 1. The average molecular weight is 398 g/mol. The molecule has 1 aliphatic rings. The van der Waals surface area contributed by atoms with E-state index in [2.05, 4.69) is 10.0 Å². The van der Waals surface area contributed by atoms with Gasteiger partial charge < -0.3 is 5.32 Å². The summed E-state index contributed by atoms with van der Waals surface area (Å²) in [5.41, 5.74) is -0.159. The molecule has 27 heavy (non-hydrogen) atoms. The van der Waals surface area contributed by atoms with Crippen LogP contribution in [-0.4, -0.2) is 20.4 Å². The second kappa shape index (κ2) is 7.32. The molecule has 5 nitrogen and oxygen atoms in total. The van der Waals surface area contributed by atoms with E-state index in [9.17, 15) is 26.4 Å². The smallest absolute Gasteiger partial charge is 0.255 e. The molecule has 144 valence electrons. The summed E-state index contributed by atoms with van der Waals surface area (Å²) in [6.45, 7) is 1.70. The van der Waals surface area contributed by atoms with E-state index in [-0.39, 0.29) is 23.2 Å². The van der Waals surface area contributed by atoms with E-state index in [1.165, 1.54) is 0 Å². The summed E-state index contributed by atoms with van der Waals surface area (Å²) in [7, 11) is -4.15. The highest BCUT2D eigenvalue weighted by Gasteiger charge is 2.32. The molecule has 0 bridgehead atoms. The van der Waals surface area contributed by atoms with Crippen LogP contribution in [0.15, 0.2) is 41.3 Å². The maximum atomic E-state index is 14.1. The maximum Gasteiger partial charge on any atom is 0.255 e. The number of hydrogen-bond acceptors (Lipinski definition) is 3. The highest BCUT2D eigenvalue weighted by molar-refractivity contribution is 7.89. The summed E-state index contributed by atoms with van der Waals surface area (Å²) in [4.78, 5) is 11.6. The van der Waals surface area contributed by atoms with Gasteiger partial charge in [-0.05, 0) is 56.0 Å². The highest BCUT2D eigenvalue weighted by atomic mass is 32.2. The molecule has 2 N–H and O–H groups in total. The third-order valence-corrected chi connectivity index (χ3v) is 5.90. The normalized spacial score (nSPS) is 15.4. The van der Waals surface area contributed by atoms with Crippen molar-refractivity contribution in [2.45, 2.75) is 30.7 Å². The molecular formula is C18H17F3N2O3S. The van der Waals surface area contributed by atoms with Crippen molar-refractivity contribution in [3.63, 3.8) is 0 Å². The van der Waals surface area contributed by atoms with Crippen LogP contribution >= 0.6 is 0 Å². The number of carbonyl (C=O) groups is 1. The predicted molar refractivity (Wildman–Crippen MR) is 93.2 cm³/mol. The predicted octanol–water partition coefficient (Wildman–Crippen LogP) is 3.43. The molecule has 1 fully saturated rings. The minimum absolute atomic E-state index is 0.0203. The lowest BCUT2D eigenvalue weighted by Crippen LogP contribution is -2.34. The van der Waals surface area contributed by atoms with Crippen molar-refractivity contribution >= 4 is 21.6 Å². The molecule has 0 aromatic heterocycles. The fourth-order valence-corrected chi connectivity index (χ4v) is 4.04. The number of sulfonamides is 1. The largest absolute Gasteiger partial charge is 0.322 e. The fraction of sp³-hybridized carbons (Fsp3) is 0.278. The number of halogens is 3. The van der Waals surface area contributed by atoms with Gasteiger partial charge in [-0.15, -0.1) is 0 Å². The summed E-state index contributed by atoms with van der Waals surface area (Å²) in [5.74, 6) is -3.77. The van der Waals surface area contributed by atoms with Crippen LogP contribution in [0, 0.1) is 23.4 Å². The monoisotopic (exact) mass is 398 g/mol. The molecule has 0 unspecified atom stereocenters. The van der Waals surface area contributed by atoms with Crippen LogP contribution in [0.5, 0.6) is 0 Å². The minimum atomic E-state index is -4.15. The van der Waals surface area contributed by atoms with Gasteiger partial charge in [-0.1, -0.05) is 0 Å². The van der Waals surface area contributed by atoms with Gasteiger partial charge in [-0.2, -0.15) is 0 Å². The molecule has 1 aliphatic carbocycles. The number of carbonyl (C=O) groups excluding carboxylic acids is 1. The van der Waals surface area contributed by atoms with Crippen molar-refractivity contribution in [3.05, 3.63) is 59.4 Å². The Morgan fingerprint density at radius 2 is 1.70 bits per heavy atom. The first kappa shape index (κ1) is 19.4. The van der Waals surface area contributed by atoms with E-state index in [0.29, 0.717) is 0 Å². The van der Waals surface area contributed by atoms with Crippen molar-refractivity contribution < 1.29 is 26.4 Å². The lowest BCUT2D eigenvalue weighted by atomic mass is 10.2. The van der Waals surface area contributed by atoms with E-state index in [1.54, 1.807) is 6.92 Å². The van der Waals surface area contributed by atoms with Gasteiger partial charge in [-0.3, -0.25) is 4.79 Å². The number of benzene rings is 2. The van der Waals surface area contributed by atoms with Crippen molar-refractivity contribution in [2.75, 3.05) is 5.32 Å². The van der Waals surface area contributed by atoms with Gasteiger partial charge in [0.1, 0.15) is 10.7 Å². The molecule has 0 aliphatic heterocycles. The van der Waals surface area contributed by atoms with E-state index in [0.717, 1.165) is 49.2 Å². The first-order chi connectivity index (χ1) is 12.7. The standard InChI is InChI=1S/C18H17F3N2O3S/c1-10(11-2-3-11)23-27(25,26)17-8-12(4-6-15(17)20)18(24)22-13-5-7-14(19)16(21)9-13/h4-11,23H,2-3H2,1H3,(H,22,24)/t10-/m1/s1. The zero-order valence-corrected chi connectivity index (χ0v) is 15.1. The van der Waals surface area contributed by atoms with Crippen LogP contribution in [0.2, 0.25) is 0 Å². The van der Waals surface area contributed by atoms with Crippen LogP contribution in [0.3, 0.4) is 0 Å². The zero-order valence-electron chi connectivity index (χ0n) is 14.3. The quantitative estimate of drug-likeness (QED) is 0.783. The van der Waals surface area contributed by atoms with Crippen LogP contribution < -0.4 is 10.0 Å². The molecule has 0 heterocycles. The highest BCUT2D eigenvalue weighted by Crippen LogP contribution is 2.33. The molecule has 3 rings (SSSR count). The third kappa shape index (κ3) is 4.48. The van der Waals surface area contributed by atoms with Crippen molar-refractivity contribution in [2.24, 2.45) is 5.92 Å². The number of hydrogen-bond donors (Lipinski definition) is 2. The van der Waals surface area contributed by atoms with Gasteiger partial charge in [0.25, 0.3) is 5.91 Å². The number of rotatable bonds is 6. The molecule has 9 heteroatoms. The van der Waals surface area contributed by atoms with Crippen LogP contribution in [0.25, 0.3) is 0 Å². The van der Waals surface area contributed by atoms with Crippen molar-refractivity contribution in [1.82, 2.24) is 4.72 Å². The third-order valence-electron chi connectivity index (χ3n) is 4.33. The number of nitrogens with one attached hydrogen (secondary N) is 2. The first-order valence-electron chi connectivity index (χ1n) is 8.25. The van der Waals surface area contributed by atoms with Gasteiger partial charge in [0.15, 0.2) is 11.6 Å². The van der Waals surface area contributed by atoms with Gasteiger partial charge >= 0.3 is 0 Å². The topological polar surface area (TPSA) is 75.3 Å². The molecule has 2 aromatic carbocycles. The Morgan fingerprint density at radius 1 is 1.04 bits per heavy atom. The minimum Gasteiger partial charge on any atom is -0.322 e. The van der Waals surface area contributed by atoms with E-state index >= 15 is 0 Å². The Morgan fingerprint density at radius 3 is 2.33 bits per heavy atom. The van der Waals surface area contributed by atoms with Gasteiger partial charge in [0.2, 0.25) is 10.0 Å². The van der Waals surface area contributed by atoms with Crippen LogP contribution in [0.1, 0.15) is 30.1 Å². The molecular weight excluding hydrogens is 381 g/mol. The van der Waals surface area contributed by atoms with Crippen LogP contribution in [-0.2, 0) is 10.0 Å². The molecule has 1 atom stereocenters. The molecule has 2 aromatic rings. The lowest BCUT2D eigenvalue weighted by molar-refractivity contribution is 0.102. The van der Waals surface area contributed by atoms with Gasteiger partial charge in [0.05, 0.1) is 0 Å². The van der Waals surface area contributed by atoms with E-state index in [4.69, 9.17) is 0 Å². The first-order valence-corrected chi connectivity index (χ1v) is 9.74. The Balaban J connectivity index is 1.83. The Hall–Kier alpha value is -2.39. The SMILES string of the molecule is C[C@@H](NS(=O)(=O)c1cc(C(=O)Nc2ccc(F)c(F)c2)ccc1F)C1CC1. The summed E-state index contributed by atoms with van der Waals surface area (Å²) < 4.78 is 67.5. The second-order valence-electron chi connectivity index (χ2n) is 6.48. The lowest BCUT2D eigenvalue weighted by Gasteiger charge is -2.14. The maximum absolute atomic E-state index is 14.1. The summed E-state index contributed by atoms with van der Waals surface area (Å²) in [6.07, 6.45) is 1.81. The molecule has 0 spiro atoms. The summed E-state index contributed by atoms with van der Waals surface area (Å²) in [5, 5.41) is 2.31. The van der Waals surface area contributed by atoms with E-state index < -0.39 is 38.3 Å².